The highest BCUT2D eigenvalue weighted by atomic mass is 32.2. The van der Waals surface area contributed by atoms with Crippen LogP contribution in [0.3, 0.4) is 0 Å². The maximum Gasteiger partial charge on any atom is 0.416 e. The van der Waals surface area contributed by atoms with E-state index in [2.05, 4.69) is 5.32 Å². The van der Waals surface area contributed by atoms with Crippen molar-refractivity contribution in [3.05, 3.63) is 65.2 Å². The van der Waals surface area contributed by atoms with Crippen LogP contribution in [0.15, 0.2) is 53.4 Å². The van der Waals surface area contributed by atoms with Gasteiger partial charge < -0.3 is 5.32 Å². The lowest BCUT2D eigenvalue weighted by Crippen LogP contribution is -2.42. The third kappa shape index (κ3) is 6.30. The number of sulfonamides is 1. The maximum absolute atomic E-state index is 12.8. The molecule has 0 saturated carbocycles. The molecule has 2 aromatic carbocycles. The smallest absolute Gasteiger partial charge is 0.354 e. The Morgan fingerprint density at radius 1 is 1.00 bits per heavy atom. The zero-order valence-corrected chi connectivity index (χ0v) is 17.1. The quantitative estimate of drug-likeness (QED) is 0.710. The summed E-state index contributed by atoms with van der Waals surface area (Å²) in [6.07, 6.45) is -4.66. The first-order valence-electron chi connectivity index (χ1n) is 8.82. The Balaban J connectivity index is 1.98. The Hall–Kier alpha value is -2.39. The van der Waals surface area contributed by atoms with Gasteiger partial charge in [0.05, 0.1) is 17.0 Å². The molecule has 0 spiro atoms. The van der Waals surface area contributed by atoms with Crippen molar-refractivity contribution in [2.75, 3.05) is 13.1 Å². The highest BCUT2D eigenvalue weighted by Gasteiger charge is 2.31. The zero-order chi connectivity index (χ0) is 21.9. The fourth-order valence-corrected chi connectivity index (χ4v) is 3.66. The molecule has 5 nitrogen and oxygen atoms in total. The summed E-state index contributed by atoms with van der Waals surface area (Å²) in [5, 5.41) is 2.65. The molecule has 2 rings (SSSR count). The van der Waals surface area contributed by atoms with E-state index in [9.17, 15) is 26.4 Å². The van der Waals surface area contributed by atoms with E-state index >= 15 is 0 Å². The number of carbonyl (C=O) groups excluding carboxylic acids is 1. The Morgan fingerprint density at radius 3 is 2.24 bits per heavy atom. The summed E-state index contributed by atoms with van der Waals surface area (Å²) in [7, 11) is -4.26. The standard InChI is InChI=1S/C20H23F3N2O3S/c1-14-6-4-7-15(10-14)19(2,3)13-24-18(26)12-25-29(27,28)17-9-5-8-16(11-17)20(21,22)23/h4-11,25H,12-13H2,1-3H3,(H,24,26). The molecule has 0 aliphatic carbocycles. The van der Waals surface area contributed by atoms with Crippen molar-refractivity contribution < 1.29 is 26.4 Å². The minimum atomic E-state index is -4.66. The van der Waals surface area contributed by atoms with Crippen molar-refractivity contribution in [2.24, 2.45) is 0 Å². The van der Waals surface area contributed by atoms with Crippen LogP contribution in [-0.4, -0.2) is 27.4 Å². The molecule has 158 valence electrons. The van der Waals surface area contributed by atoms with E-state index in [4.69, 9.17) is 0 Å². The molecule has 0 saturated heterocycles. The number of rotatable bonds is 7. The second-order valence-corrected chi connectivity index (χ2v) is 9.15. The molecule has 0 radical (unpaired) electrons. The van der Waals surface area contributed by atoms with Gasteiger partial charge in [-0.05, 0) is 30.7 Å². The van der Waals surface area contributed by atoms with Gasteiger partial charge in [0, 0.05) is 12.0 Å². The van der Waals surface area contributed by atoms with Crippen molar-refractivity contribution in [1.29, 1.82) is 0 Å². The van der Waals surface area contributed by atoms with Crippen molar-refractivity contribution >= 4 is 15.9 Å². The van der Waals surface area contributed by atoms with Crippen molar-refractivity contribution in [2.45, 2.75) is 37.3 Å². The summed E-state index contributed by atoms with van der Waals surface area (Å²) in [5.74, 6) is -0.582. The Labute approximate surface area is 168 Å². The summed E-state index contributed by atoms with van der Waals surface area (Å²) < 4.78 is 64.8. The summed E-state index contributed by atoms with van der Waals surface area (Å²) >= 11 is 0. The number of benzene rings is 2. The molecule has 0 aliphatic heterocycles. The van der Waals surface area contributed by atoms with E-state index in [0.29, 0.717) is 6.07 Å². The van der Waals surface area contributed by atoms with Gasteiger partial charge in [-0.3, -0.25) is 4.79 Å². The van der Waals surface area contributed by atoms with Crippen LogP contribution in [0.1, 0.15) is 30.5 Å². The molecular formula is C20H23F3N2O3S. The third-order valence-electron chi connectivity index (χ3n) is 4.42. The van der Waals surface area contributed by atoms with Crippen LogP contribution in [0.5, 0.6) is 0 Å². The van der Waals surface area contributed by atoms with Crippen molar-refractivity contribution in [1.82, 2.24) is 10.0 Å². The lowest BCUT2D eigenvalue weighted by molar-refractivity contribution is -0.137. The summed E-state index contributed by atoms with van der Waals surface area (Å²) in [6, 6.07) is 11.2. The van der Waals surface area contributed by atoms with Crippen LogP contribution in [0, 0.1) is 6.92 Å². The highest BCUT2D eigenvalue weighted by molar-refractivity contribution is 7.89. The number of aryl methyl sites for hydroxylation is 1. The minimum absolute atomic E-state index is 0.264. The fraction of sp³-hybridized carbons (Fsp3) is 0.350. The van der Waals surface area contributed by atoms with E-state index in [1.165, 1.54) is 0 Å². The first-order chi connectivity index (χ1) is 13.3. The van der Waals surface area contributed by atoms with Gasteiger partial charge in [-0.2, -0.15) is 13.2 Å². The molecule has 29 heavy (non-hydrogen) atoms. The fourth-order valence-electron chi connectivity index (χ4n) is 2.63. The molecule has 0 fully saturated rings. The van der Waals surface area contributed by atoms with Crippen LogP contribution >= 0.6 is 0 Å². The lowest BCUT2D eigenvalue weighted by atomic mass is 9.84. The average molecular weight is 428 g/mol. The van der Waals surface area contributed by atoms with Crippen LogP contribution in [0.25, 0.3) is 0 Å². The van der Waals surface area contributed by atoms with E-state index in [1.807, 2.05) is 49.8 Å². The predicted molar refractivity (Wildman–Crippen MR) is 104 cm³/mol. The molecule has 0 atom stereocenters. The van der Waals surface area contributed by atoms with Crippen LogP contribution < -0.4 is 10.0 Å². The van der Waals surface area contributed by atoms with Crippen molar-refractivity contribution in [3.8, 4) is 0 Å². The highest BCUT2D eigenvalue weighted by Crippen LogP contribution is 2.30. The van der Waals surface area contributed by atoms with E-state index in [-0.39, 0.29) is 12.0 Å². The Kier molecular flexibility index (Phi) is 6.74. The second kappa shape index (κ2) is 8.54. The molecule has 0 unspecified atom stereocenters. The normalized spacial score (nSPS) is 12.6. The number of halogens is 3. The number of nitrogens with one attached hydrogen (secondary N) is 2. The molecule has 0 aliphatic rings. The first kappa shape index (κ1) is 22.9. The van der Waals surface area contributed by atoms with Gasteiger partial charge >= 0.3 is 6.18 Å². The van der Waals surface area contributed by atoms with Crippen LogP contribution in [0.4, 0.5) is 13.2 Å². The SMILES string of the molecule is Cc1cccc(C(C)(C)CNC(=O)CNS(=O)(=O)c2cccc(C(F)(F)F)c2)c1. The largest absolute Gasteiger partial charge is 0.416 e. The van der Waals surface area contributed by atoms with Gasteiger partial charge in [-0.15, -0.1) is 0 Å². The van der Waals surface area contributed by atoms with Gasteiger partial charge in [0.2, 0.25) is 15.9 Å². The van der Waals surface area contributed by atoms with E-state index < -0.39 is 39.1 Å². The van der Waals surface area contributed by atoms with Crippen LogP contribution in [0.2, 0.25) is 0 Å². The third-order valence-corrected chi connectivity index (χ3v) is 5.82. The molecular weight excluding hydrogens is 405 g/mol. The van der Waals surface area contributed by atoms with Crippen LogP contribution in [-0.2, 0) is 26.4 Å². The van der Waals surface area contributed by atoms with Gasteiger partial charge in [0.1, 0.15) is 0 Å². The molecule has 0 bridgehead atoms. The number of carbonyl (C=O) groups is 1. The first-order valence-corrected chi connectivity index (χ1v) is 10.3. The van der Waals surface area contributed by atoms with Crippen molar-refractivity contribution in [3.63, 3.8) is 0 Å². The summed E-state index contributed by atoms with van der Waals surface area (Å²) in [5.41, 5.74) is 0.629. The average Bonchev–Trinajstić information content (AvgIpc) is 2.64. The predicted octanol–water partition coefficient (Wildman–Crippen LogP) is 3.39. The minimum Gasteiger partial charge on any atom is -0.354 e. The monoisotopic (exact) mass is 428 g/mol. The van der Waals surface area contributed by atoms with Gasteiger partial charge in [0.25, 0.3) is 0 Å². The summed E-state index contributed by atoms with van der Waals surface area (Å²) in [4.78, 5) is 11.5. The zero-order valence-electron chi connectivity index (χ0n) is 16.3. The number of hydrogen-bond donors (Lipinski definition) is 2. The number of hydrogen-bond acceptors (Lipinski definition) is 3. The summed E-state index contributed by atoms with van der Waals surface area (Å²) in [6.45, 7) is 5.52. The van der Waals surface area contributed by atoms with E-state index in [1.54, 1.807) is 0 Å². The second-order valence-electron chi connectivity index (χ2n) is 7.38. The molecule has 1 amide bonds. The Bertz CT molecular complexity index is 986. The molecule has 2 aromatic rings. The molecule has 2 N–H and O–H groups in total. The number of amides is 1. The molecule has 0 heterocycles. The van der Waals surface area contributed by atoms with Gasteiger partial charge in [0.15, 0.2) is 0 Å². The Morgan fingerprint density at radius 2 is 1.62 bits per heavy atom. The maximum atomic E-state index is 12.8. The molecule has 9 heteroatoms. The van der Waals surface area contributed by atoms with Gasteiger partial charge in [-0.1, -0.05) is 49.7 Å². The number of alkyl halides is 3. The molecule has 0 aromatic heterocycles. The van der Waals surface area contributed by atoms with E-state index in [0.717, 1.165) is 29.3 Å². The lowest BCUT2D eigenvalue weighted by Gasteiger charge is -2.26. The van der Waals surface area contributed by atoms with Gasteiger partial charge in [-0.25, -0.2) is 13.1 Å². The topological polar surface area (TPSA) is 75.3 Å².